The summed E-state index contributed by atoms with van der Waals surface area (Å²) < 4.78 is 17.4. The molecule has 2 aliphatic rings. The number of likely N-dealkylation sites (tertiary alicyclic amines) is 1. The van der Waals surface area contributed by atoms with E-state index in [0.717, 1.165) is 69.5 Å². The zero-order valence-corrected chi connectivity index (χ0v) is 16.8. The second-order valence-corrected chi connectivity index (χ2v) is 7.75. The van der Waals surface area contributed by atoms with E-state index in [9.17, 15) is 0 Å². The van der Waals surface area contributed by atoms with Gasteiger partial charge in [-0.2, -0.15) is 5.26 Å². The molecule has 3 heterocycles. The maximum absolute atomic E-state index is 8.99. The summed E-state index contributed by atoms with van der Waals surface area (Å²) in [6.45, 7) is 4.14. The second-order valence-electron chi connectivity index (χ2n) is 7.75. The summed E-state index contributed by atoms with van der Waals surface area (Å²) in [7, 11) is 0. The van der Waals surface area contributed by atoms with Crippen molar-refractivity contribution in [2.75, 3.05) is 32.9 Å². The Kier molecular flexibility index (Phi) is 6.75. The Morgan fingerprint density at radius 3 is 2.86 bits per heavy atom. The molecule has 1 atom stereocenters. The lowest BCUT2D eigenvalue weighted by Gasteiger charge is -2.33. The summed E-state index contributed by atoms with van der Waals surface area (Å²) in [6, 6.07) is 9.64. The first-order chi connectivity index (χ1) is 14.3. The molecule has 0 spiro atoms. The molecule has 0 amide bonds. The van der Waals surface area contributed by atoms with E-state index in [1.165, 1.54) is 12.8 Å². The van der Waals surface area contributed by atoms with Crippen molar-refractivity contribution in [3.05, 3.63) is 41.6 Å². The molecule has 0 saturated carbocycles. The topological polar surface area (TPSA) is 84.4 Å². The molecule has 0 bridgehead atoms. The van der Waals surface area contributed by atoms with Gasteiger partial charge in [0, 0.05) is 25.7 Å². The van der Waals surface area contributed by atoms with Crippen LogP contribution in [-0.2, 0) is 4.74 Å². The number of hydrogen-bond donors (Lipinski definition) is 0. The fraction of sp³-hybridized carbons (Fsp3) is 0.591. The van der Waals surface area contributed by atoms with Crippen molar-refractivity contribution in [1.82, 2.24) is 15.1 Å². The van der Waals surface area contributed by atoms with Gasteiger partial charge in [0.1, 0.15) is 5.75 Å². The zero-order valence-electron chi connectivity index (χ0n) is 16.8. The third kappa shape index (κ3) is 5.14. The maximum atomic E-state index is 8.99. The van der Waals surface area contributed by atoms with Crippen molar-refractivity contribution in [3.63, 3.8) is 0 Å². The Labute approximate surface area is 171 Å². The summed E-state index contributed by atoms with van der Waals surface area (Å²) in [6.07, 6.45) is 6.27. The second kappa shape index (κ2) is 9.86. The molecule has 2 aliphatic heterocycles. The average Bonchev–Trinajstić information content (AvgIpc) is 3.28. The average molecular weight is 396 g/mol. The van der Waals surface area contributed by atoms with E-state index in [1.807, 2.05) is 12.1 Å². The minimum absolute atomic E-state index is 0.201. The molecular weight excluding hydrogens is 368 g/mol. The van der Waals surface area contributed by atoms with Crippen LogP contribution in [0.25, 0.3) is 0 Å². The Morgan fingerprint density at radius 1 is 1.14 bits per heavy atom. The molecule has 0 radical (unpaired) electrons. The van der Waals surface area contributed by atoms with Gasteiger partial charge in [-0.15, -0.1) is 10.2 Å². The summed E-state index contributed by atoms with van der Waals surface area (Å²) in [5, 5.41) is 17.7. The molecule has 1 aromatic carbocycles. The number of benzene rings is 1. The number of piperidine rings is 1. The Balaban J connectivity index is 1.30. The molecule has 0 aliphatic carbocycles. The van der Waals surface area contributed by atoms with Gasteiger partial charge < -0.3 is 13.9 Å². The quantitative estimate of drug-likeness (QED) is 0.658. The first-order valence-corrected chi connectivity index (χ1v) is 10.6. The molecule has 0 N–H and O–H groups in total. The number of aromatic nitrogens is 2. The van der Waals surface area contributed by atoms with Crippen molar-refractivity contribution in [3.8, 4) is 11.8 Å². The van der Waals surface area contributed by atoms with Crippen molar-refractivity contribution >= 4 is 0 Å². The minimum atomic E-state index is 0.201. The number of nitriles is 1. The summed E-state index contributed by atoms with van der Waals surface area (Å²) >= 11 is 0. The van der Waals surface area contributed by atoms with E-state index in [-0.39, 0.29) is 6.04 Å². The van der Waals surface area contributed by atoms with E-state index in [2.05, 4.69) is 21.2 Å². The molecule has 29 heavy (non-hydrogen) atoms. The van der Waals surface area contributed by atoms with Crippen LogP contribution in [0.2, 0.25) is 0 Å². The van der Waals surface area contributed by atoms with Gasteiger partial charge in [-0.25, -0.2) is 0 Å². The van der Waals surface area contributed by atoms with Crippen LogP contribution in [0.3, 0.4) is 0 Å². The van der Waals surface area contributed by atoms with Crippen LogP contribution in [0.5, 0.6) is 5.75 Å². The van der Waals surface area contributed by atoms with Gasteiger partial charge in [0.2, 0.25) is 11.8 Å². The van der Waals surface area contributed by atoms with Gasteiger partial charge >= 0.3 is 0 Å². The van der Waals surface area contributed by atoms with Crippen LogP contribution < -0.4 is 4.74 Å². The highest BCUT2D eigenvalue weighted by atomic mass is 16.5. The lowest BCUT2D eigenvalue weighted by atomic mass is 10.0. The van der Waals surface area contributed by atoms with Gasteiger partial charge in [-0.05, 0) is 56.8 Å². The van der Waals surface area contributed by atoms with Crippen LogP contribution in [-0.4, -0.2) is 48.0 Å². The van der Waals surface area contributed by atoms with E-state index in [1.54, 1.807) is 12.1 Å². The standard InChI is InChI=1S/C22H28N4O3/c23-16-17-5-3-6-19(15-17)28-12-4-11-26-10-2-1-7-20(26)22-25-24-21(29-22)18-8-13-27-14-9-18/h3,5-6,15,18,20H,1-2,4,7-14H2/t20-/m0/s1. The smallest absolute Gasteiger partial charge is 0.233 e. The highest BCUT2D eigenvalue weighted by Crippen LogP contribution is 2.33. The molecule has 2 saturated heterocycles. The van der Waals surface area contributed by atoms with Crippen molar-refractivity contribution in [1.29, 1.82) is 5.26 Å². The van der Waals surface area contributed by atoms with Crippen molar-refractivity contribution in [2.24, 2.45) is 0 Å². The van der Waals surface area contributed by atoms with Crippen LogP contribution in [0.4, 0.5) is 0 Å². The highest BCUT2D eigenvalue weighted by Gasteiger charge is 2.30. The van der Waals surface area contributed by atoms with Gasteiger partial charge in [0.05, 0.1) is 24.3 Å². The SMILES string of the molecule is N#Cc1cccc(OCCCN2CCCC[C@H]2c2nnc(C3CCOCC3)o2)c1. The molecule has 1 aromatic heterocycles. The van der Waals surface area contributed by atoms with E-state index < -0.39 is 0 Å². The molecule has 7 heteroatoms. The van der Waals surface area contributed by atoms with Crippen molar-refractivity contribution in [2.45, 2.75) is 50.5 Å². The molecule has 154 valence electrons. The predicted molar refractivity (Wildman–Crippen MR) is 107 cm³/mol. The van der Waals surface area contributed by atoms with E-state index in [0.29, 0.717) is 18.1 Å². The lowest BCUT2D eigenvalue weighted by molar-refractivity contribution is 0.0769. The summed E-state index contributed by atoms with van der Waals surface area (Å²) in [5.74, 6) is 2.61. The van der Waals surface area contributed by atoms with Crippen LogP contribution in [0, 0.1) is 11.3 Å². The number of ether oxygens (including phenoxy) is 2. The maximum Gasteiger partial charge on any atom is 0.233 e. The number of nitrogens with zero attached hydrogens (tertiary/aromatic N) is 4. The summed E-state index contributed by atoms with van der Waals surface area (Å²) in [4.78, 5) is 2.44. The predicted octanol–water partition coefficient (Wildman–Crippen LogP) is 3.83. The fourth-order valence-corrected chi connectivity index (χ4v) is 4.14. The molecule has 7 nitrogen and oxygen atoms in total. The van der Waals surface area contributed by atoms with E-state index >= 15 is 0 Å². The van der Waals surface area contributed by atoms with Crippen molar-refractivity contribution < 1.29 is 13.9 Å². The lowest BCUT2D eigenvalue weighted by Crippen LogP contribution is -2.35. The van der Waals surface area contributed by atoms with E-state index in [4.69, 9.17) is 19.2 Å². The Morgan fingerprint density at radius 2 is 2.00 bits per heavy atom. The van der Waals surface area contributed by atoms with Gasteiger partial charge in [0.25, 0.3) is 0 Å². The minimum Gasteiger partial charge on any atom is -0.494 e. The Hall–Kier alpha value is -2.43. The number of hydrogen-bond acceptors (Lipinski definition) is 7. The third-order valence-electron chi connectivity index (χ3n) is 5.75. The molecule has 2 aromatic rings. The molecule has 0 unspecified atom stereocenters. The molecule has 4 rings (SSSR count). The van der Waals surface area contributed by atoms with Gasteiger partial charge in [-0.3, -0.25) is 4.90 Å². The van der Waals surface area contributed by atoms with Crippen LogP contribution in [0.1, 0.15) is 67.8 Å². The Bertz CT molecular complexity index is 825. The van der Waals surface area contributed by atoms with Crippen LogP contribution >= 0.6 is 0 Å². The summed E-state index contributed by atoms with van der Waals surface area (Å²) in [5.41, 5.74) is 0.621. The largest absolute Gasteiger partial charge is 0.494 e. The van der Waals surface area contributed by atoms with Crippen LogP contribution in [0.15, 0.2) is 28.7 Å². The number of rotatable bonds is 7. The third-order valence-corrected chi connectivity index (χ3v) is 5.75. The highest BCUT2D eigenvalue weighted by molar-refractivity contribution is 5.36. The zero-order chi connectivity index (χ0) is 19.9. The fourth-order valence-electron chi connectivity index (χ4n) is 4.14. The molecular formula is C22H28N4O3. The van der Waals surface area contributed by atoms with Gasteiger partial charge in [0.15, 0.2) is 0 Å². The molecule has 2 fully saturated rings. The first kappa shape index (κ1) is 19.9. The van der Waals surface area contributed by atoms with Gasteiger partial charge in [-0.1, -0.05) is 12.5 Å². The normalized spacial score (nSPS) is 21.0. The first-order valence-electron chi connectivity index (χ1n) is 10.6. The monoisotopic (exact) mass is 396 g/mol.